The number of carbonyl (C=O) groups is 2. The van der Waals surface area contributed by atoms with Crippen molar-refractivity contribution in [2.24, 2.45) is 17.8 Å². The minimum atomic E-state index is -0.817. The number of aliphatic hydroxyl groups is 1. The lowest BCUT2D eigenvalue weighted by atomic mass is 9.86. The number of aromatic hydroxyl groups is 1. The van der Waals surface area contributed by atoms with Gasteiger partial charge in [-0.1, -0.05) is 54.6 Å². The summed E-state index contributed by atoms with van der Waals surface area (Å²) in [5.41, 5.74) is 3.16. The minimum Gasteiger partial charge on any atom is -0.506 e. The number of phenolic OH excluding ortho intramolecular Hbond substituents is 1. The van der Waals surface area contributed by atoms with Crippen molar-refractivity contribution < 1.29 is 29.3 Å². The van der Waals surface area contributed by atoms with Gasteiger partial charge in [-0.3, -0.25) is 14.5 Å². The summed E-state index contributed by atoms with van der Waals surface area (Å²) in [6.07, 6.45) is 11.8. The third-order valence-corrected chi connectivity index (χ3v) is 12.3. The van der Waals surface area contributed by atoms with Crippen LogP contribution in [0, 0.1) is 17.8 Å². The van der Waals surface area contributed by atoms with E-state index in [-0.39, 0.29) is 41.4 Å². The molecule has 4 saturated heterocycles. The maximum absolute atomic E-state index is 13.4. The molecule has 0 spiro atoms. The summed E-state index contributed by atoms with van der Waals surface area (Å²) >= 11 is 0. The number of benzene rings is 3. The molecule has 12 nitrogen and oxygen atoms in total. The normalized spacial score (nSPS) is 22.7. The number of likely N-dealkylation sites (tertiary alicyclic amines) is 1. The van der Waals surface area contributed by atoms with Crippen molar-refractivity contribution in [3.05, 3.63) is 130 Å². The molecule has 4 fully saturated rings. The van der Waals surface area contributed by atoms with Crippen molar-refractivity contribution in [3.8, 4) is 11.5 Å². The average Bonchev–Trinajstić information content (AvgIpc) is 3.26. The van der Waals surface area contributed by atoms with Crippen LogP contribution in [0.3, 0.4) is 0 Å². The Bertz CT molecular complexity index is 2190. The monoisotopic (exact) mass is 787 g/mol. The number of aromatic nitrogens is 1. The summed E-state index contributed by atoms with van der Waals surface area (Å²) in [6, 6.07) is 21.4. The number of amides is 2. The quantitative estimate of drug-likeness (QED) is 0.110. The Morgan fingerprint density at radius 1 is 0.931 bits per heavy atom. The third-order valence-electron chi connectivity index (χ3n) is 12.3. The molecule has 12 heteroatoms. The second-order valence-corrected chi connectivity index (χ2v) is 16.2. The largest absolute Gasteiger partial charge is 0.506 e. The first kappa shape index (κ1) is 39.4. The van der Waals surface area contributed by atoms with E-state index in [0.717, 1.165) is 62.9 Å². The van der Waals surface area contributed by atoms with Gasteiger partial charge in [0.1, 0.15) is 24.2 Å². The first-order valence-electron chi connectivity index (χ1n) is 20.6. The van der Waals surface area contributed by atoms with Crippen LogP contribution in [0.4, 0.5) is 4.79 Å². The molecule has 4 unspecified atom stereocenters. The van der Waals surface area contributed by atoms with Crippen molar-refractivity contribution in [1.82, 2.24) is 25.4 Å². The molecule has 9 rings (SSSR count). The Hall–Kier alpha value is -5.43. The number of carbonyl (C=O) groups excluding carboxylic acids is 2. The summed E-state index contributed by atoms with van der Waals surface area (Å²) in [6.45, 7) is 5.68. The van der Waals surface area contributed by atoms with E-state index in [4.69, 9.17) is 9.47 Å². The summed E-state index contributed by atoms with van der Waals surface area (Å²) in [5, 5.41) is 28.2. The van der Waals surface area contributed by atoms with Gasteiger partial charge in [0, 0.05) is 49.1 Å². The molecular weight excluding hydrogens is 735 g/mol. The van der Waals surface area contributed by atoms with E-state index in [1.54, 1.807) is 12.1 Å². The number of pyridine rings is 1. The number of rotatable bonds is 13. The number of hydrogen-bond acceptors (Lipinski definition) is 9. The Kier molecular flexibility index (Phi) is 12.2. The number of nitrogens with zero attached hydrogens (tertiary/aromatic N) is 2. The average molecular weight is 788 g/mol. The van der Waals surface area contributed by atoms with Crippen LogP contribution in [-0.2, 0) is 11.3 Å². The molecule has 0 radical (unpaired) electrons. The Balaban J connectivity index is 0.802. The van der Waals surface area contributed by atoms with Crippen LogP contribution in [0.1, 0.15) is 71.3 Å². The van der Waals surface area contributed by atoms with Crippen molar-refractivity contribution in [3.63, 3.8) is 0 Å². The molecule has 4 aliphatic heterocycles. The SMILES string of the molecule is O=C(NC(c1cccc(OCc2ccc(C(=O)N3CCC(CNCC(O)c4ccc(O)c5[nH]c(=O)ccc45)CC3)cc2)c1)C1C=CC=CC1)OC1CN2CCC1CC2. The van der Waals surface area contributed by atoms with Gasteiger partial charge >= 0.3 is 6.09 Å². The fourth-order valence-electron chi connectivity index (χ4n) is 8.94. The summed E-state index contributed by atoms with van der Waals surface area (Å²) in [4.78, 5) is 45.3. The standard InChI is InChI=1S/C46H53N5O7/c52-39-15-13-37(38-14-16-42(54)48-44(38)39)40(53)27-47-26-30-17-23-51(24-18-30)45(55)34-11-9-31(10-12-34)29-57-36-8-4-7-35(25-36)43(33-5-2-1-3-6-33)49-46(56)58-41-28-50-21-19-32(41)20-22-50/h1-5,7-16,25,30,32-33,40-41,43,47,52-53H,6,17-24,26-29H2,(H,48,54)(H,49,56). The number of alkyl carbamates (subject to hydrolysis) is 1. The molecule has 2 amide bonds. The second-order valence-electron chi connectivity index (χ2n) is 16.2. The highest BCUT2D eigenvalue weighted by atomic mass is 16.6. The van der Waals surface area contributed by atoms with Crippen molar-refractivity contribution in [1.29, 1.82) is 0 Å². The summed E-state index contributed by atoms with van der Waals surface area (Å²) < 4.78 is 12.2. The van der Waals surface area contributed by atoms with E-state index in [1.807, 2.05) is 65.6 Å². The number of ether oxygens (including phenoxy) is 2. The number of allylic oxidation sites excluding steroid dienone is 3. The molecule has 5 N–H and O–H groups in total. The van der Waals surface area contributed by atoms with Crippen molar-refractivity contribution in [2.75, 3.05) is 45.8 Å². The van der Waals surface area contributed by atoms with Crippen LogP contribution < -0.4 is 20.9 Å². The number of piperidine rings is 4. The molecule has 5 aliphatic rings. The topological polar surface area (TPSA) is 156 Å². The Labute approximate surface area is 338 Å². The van der Waals surface area contributed by atoms with Crippen LogP contribution in [0.5, 0.6) is 11.5 Å². The number of aromatic amines is 1. The summed E-state index contributed by atoms with van der Waals surface area (Å²) in [7, 11) is 0. The maximum Gasteiger partial charge on any atom is 0.407 e. The van der Waals surface area contributed by atoms with Crippen molar-refractivity contribution in [2.45, 2.75) is 57.0 Å². The highest BCUT2D eigenvalue weighted by Crippen LogP contribution is 2.33. The molecule has 4 atom stereocenters. The molecular formula is C46H53N5O7. The molecule has 2 bridgehead atoms. The van der Waals surface area contributed by atoms with Crippen LogP contribution in [0.2, 0.25) is 0 Å². The van der Waals surface area contributed by atoms with Crippen LogP contribution in [-0.4, -0.2) is 88.9 Å². The van der Waals surface area contributed by atoms with E-state index < -0.39 is 6.10 Å². The van der Waals surface area contributed by atoms with Crippen molar-refractivity contribution >= 4 is 22.9 Å². The lowest BCUT2D eigenvalue weighted by Crippen LogP contribution is -2.52. The molecule has 3 aromatic carbocycles. The van der Waals surface area contributed by atoms with E-state index in [0.29, 0.717) is 72.4 Å². The molecule has 58 heavy (non-hydrogen) atoms. The van der Waals surface area contributed by atoms with E-state index in [2.05, 4.69) is 32.7 Å². The van der Waals surface area contributed by atoms with Gasteiger partial charge in [-0.25, -0.2) is 4.79 Å². The van der Waals surface area contributed by atoms with Gasteiger partial charge < -0.3 is 40.2 Å². The Morgan fingerprint density at radius 3 is 2.48 bits per heavy atom. The van der Waals surface area contributed by atoms with Gasteiger partial charge in [0.15, 0.2) is 0 Å². The minimum absolute atomic E-state index is 0.0106. The zero-order valence-electron chi connectivity index (χ0n) is 32.7. The first-order valence-corrected chi connectivity index (χ1v) is 20.6. The second kappa shape index (κ2) is 18.0. The lowest BCUT2D eigenvalue weighted by molar-refractivity contribution is -0.0342. The number of fused-ring (bicyclic) bond motifs is 4. The smallest absolute Gasteiger partial charge is 0.407 e. The van der Waals surface area contributed by atoms with Gasteiger partial charge in [0.05, 0.1) is 17.7 Å². The zero-order chi connectivity index (χ0) is 40.0. The van der Waals surface area contributed by atoms with Gasteiger partial charge in [0.25, 0.3) is 5.91 Å². The molecule has 304 valence electrons. The molecule has 4 aromatic rings. The van der Waals surface area contributed by atoms with Gasteiger partial charge in [-0.2, -0.15) is 0 Å². The van der Waals surface area contributed by atoms with Gasteiger partial charge in [-0.05, 0) is 117 Å². The number of phenols is 1. The molecule has 5 heterocycles. The van der Waals surface area contributed by atoms with Crippen LogP contribution in [0.25, 0.3) is 10.9 Å². The highest BCUT2D eigenvalue weighted by molar-refractivity contribution is 5.94. The van der Waals surface area contributed by atoms with Gasteiger partial charge in [0.2, 0.25) is 5.56 Å². The third kappa shape index (κ3) is 9.30. The predicted molar refractivity (Wildman–Crippen MR) is 222 cm³/mol. The van der Waals surface area contributed by atoms with E-state index in [1.165, 1.54) is 12.1 Å². The summed E-state index contributed by atoms with van der Waals surface area (Å²) in [5.74, 6) is 1.56. The maximum atomic E-state index is 13.4. The fraction of sp³-hybridized carbons (Fsp3) is 0.413. The number of aliphatic hydroxyl groups excluding tert-OH is 1. The zero-order valence-corrected chi connectivity index (χ0v) is 32.7. The number of hydrogen-bond donors (Lipinski definition) is 5. The van der Waals surface area contributed by atoms with E-state index >= 15 is 0 Å². The lowest BCUT2D eigenvalue weighted by Gasteiger charge is -2.44. The van der Waals surface area contributed by atoms with Crippen LogP contribution >= 0.6 is 0 Å². The fourth-order valence-corrected chi connectivity index (χ4v) is 8.94. The first-order chi connectivity index (χ1) is 28.3. The van der Waals surface area contributed by atoms with E-state index in [9.17, 15) is 24.6 Å². The number of nitrogens with one attached hydrogen (secondary N) is 3. The van der Waals surface area contributed by atoms with Gasteiger partial charge in [-0.15, -0.1) is 0 Å². The molecule has 1 aromatic heterocycles. The number of H-pyrrole nitrogens is 1. The Morgan fingerprint density at radius 2 is 1.74 bits per heavy atom. The highest BCUT2D eigenvalue weighted by Gasteiger charge is 2.37. The molecule has 0 saturated carbocycles. The molecule has 1 aliphatic carbocycles. The van der Waals surface area contributed by atoms with Crippen LogP contribution in [0.15, 0.2) is 102 Å². The predicted octanol–water partition coefficient (Wildman–Crippen LogP) is 5.98.